The fourth-order valence-corrected chi connectivity index (χ4v) is 2.18. The highest BCUT2D eigenvalue weighted by Crippen LogP contribution is 2.14. The summed E-state index contributed by atoms with van der Waals surface area (Å²) in [6.07, 6.45) is 4.89. The molecule has 0 saturated heterocycles. The third kappa shape index (κ3) is 5.75. The molecule has 132 valence electrons. The number of imidazole rings is 1. The zero-order valence-corrected chi connectivity index (χ0v) is 16.3. The number of methoxy groups -OCH3 is 1. The van der Waals surface area contributed by atoms with Crippen LogP contribution in [0.5, 0.6) is 0 Å². The Balaban J connectivity index is 0.00000288. The van der Waals surface area contributed by atoms with E-state index in [-0.39, 0.29) is 35.8 Å². The Kier molecular flexibility index (Phi) is 8.69. The van der Waals surface area contributed by atoms with Gasteiger partial charge in [0.15, 0.2) is 5.96 Å². The molecule has 6 nitrogen and oxygen atoms in total. The van der Waals surface area contributed by atoms with E-state index in [1.165, 1.54) is 6.07 Å². The van der Waals surface area contributed by atoms with Crippen molar-refractivity contribution in [2.75, 3.05) is 20.8 Å². The molecular weight excluding hydrogens is 424 g/mol. The van der Waals surface area contributed by atoms with Gasteiger partial charge in [0.1, 0.15) is 5.82 Å². The molecule has 8 heteroatoms. The molecule has 1 aromatic heterocycles. The minimum atomic E-state index is -0.294. The second kappa shape index (κ2) is 10.2. The summed E-state index contributed by atoms with van der Waals surface area (Å²) in [5, 5.41) is 6.35. The first-order valence-corrected chi connectivity index (χ1v) is 7.37. The van der Waals surface area contributed by atoms with E-state index in [9.17, 15) is 4.39 Å². The van der Waals surface area contributed by atoms with Crippen LogP contribution in [0.2, 0.25) is 0 Å². The van der Waals surface area contributed by atoms with Crippen LogP contribution in [0.1, 0.15) is 12.5 Å². The number of guanidine groups is 1. The van der Waals surface area contributed by atoms with Gasteiger partial charge >= 0.3 is 0 Å². The van der Waals surface area contributed by atoms with E-state index >= 15 is 0 Å². The van der Waals surface area contributed by atoms with Crippen molar-refractivity contribution in [2.45, 2.75) is 19.5 Å². The Bertz CT molecular complexity index is 648. The lowest BCUT2D eigenvalue weighted by molar-refractivity contribution is 0.179. The summed E-state index contributed by atoms with van der Waals surface area (Å²) in [5.74, 6) is 0.353. The van der Waals surface area contributed by atoms with E-state index in [2.05, 4.69) is 20.6 Å². The van der Waals surface area contributed by atoms with Crippen LogP contribution in [0.3, 0.4) is 0 Å². The minimum Gasteiger partial charge on any atom is -0.383 e. The number of hydrogen-bond donors (Lipinski definition) is 2. The van der Waals surface area contributed by atoms with Gasteiger partial charge < -0.3 is 19.9 Å². The second-order valence-corrected chi connectivity index (χ2v) is 5.18. The van der Waals surface area contributed by atoms with Crippen molar-refractivity contribution in [2.24, 2.45) is 4.99 Å². The number of aliphatic imine (C=N–C) groups is 1. The van der Waals surface area contributed by atoms with E-state index in [0.29, 0.717) is 24.8 Å². The largest absolute Gasteiger partial charge is 0.383 e. The molecule has 0 bridgehead atoms. The summed E-state index contributed by atoms with van der Waals surface area (Å²) in [6.45, 7) is 3.05. The van der Waals surface area contributed by atoms with E-state index in [1.807, 2.05) is 13.0 Å². The molecule has 0 aliphatic rings. The molecule has 0 amide bonds. The molecule has 1 heterocycles. The molecule has 0 aliphatic heterocycles. The van der Waals surface area contributed by atoms with Gasteiger partial charge in [-0.25, -0.2) is 9.37 Å². The fraction of sp³-hybridized carbons (Fsp3) is 0.375. The van der Waals surface area contributed by atoms with Crippen LogP contribution >= 0.6 is 24.0 Å². The molecule has 1 unspecified atom stereocenters. The third-order valence-corrected chi connectivity index (χ3v) is 3.28. The minimum absolute atomic E-state index is 0. The molecule has 1 atom stereocenters. The quantitative estimate of drug-likeness (QED) is 0.406. The first kappa shape index (κ1) is 20.4. The predicted molar refractivity (Wildman–Crippen MR) is 104 cm³/mol. The number of nitrogens with one attached hydrogen (secondary N) is 2. The lowest BCUT2D eigenvalue weighted by Crippen LogP contribution is -2.43. The number of nitrogens with zero attached hydrogens (tertiary/aromatic N) is 3. The Morgan fingerprint density at radius 1 is 1.46 bits per heavy atom. The predicted octanol–water partition coefficient (Wildman–Crippen LogP) is 2.33. The first-order valence-electron chi connectivity index (χ1n) is 7.37. The van der Waals surface area contributed by atoms with Crippen LogP contribution in [-0.4, -0.2) is 42.3 Å². The van der Waals surface area contributed by atoms with Gasteiger partial charge in [0.2, 0.25) is 0 Å². The molecule has 0 radical (unpaired) electrons. The maximum atomic E-state index is 14.2. The maximum absolute atomic E-state index is 14.2. The Labute approximate surface area is 158 Å². The fourth-order valence-electron chi connectivity index (χ4n) is 2.18. The Morgan fingerprint density at radius 2 is 2.25 bits per heavy atom. The second-order valence-electron chi connectivity index (χ2n) is 5.18. The number of rotatable bonds is 6. The van der Waals surface area contributed by atoms with Gasteiger partial charge in [0.05, 0.1) is 18.6 Å². The molecule has 0 fully saturated rings. The smallest absolute Gasteiger partial charge is 0.191 e. The summed E-state index contributed by atoms with van der Waals surface area (Å²) in [5.41, 5.74) is 1.30. The van der Waals surface area contributed by atoms with Crippen molar-refractivity contribution < 1.29 is 9.13 Å². The van der Waals surface area contributed by atoms with Crippen LogP contribution in [0.4, 0.5) is 4.39 Å². The molecule has 0 spiro atoms. The Hall–Kier alpha value is -1.68. The van der Waals surface area contributed by atoms with Crippen LogP contribution in [0, 0.1) is 5.82 Å². The molecule has 2 aromatic rings. The van der Waals surface area contributed by atoms with Crippen molar-refractivity contribution in [3.63, 3.8) is 0 Å². The highest BCUT2D eigenvalue weighted by molar-refractivity contribution is 14.0. The third-order valence-electron chi connectivity index (χ3n) is 3.28. The topological polar surface area (TPSA) is 63.5 Å². The normalized spacial score (nSPS) is 12.4. The number of halogens is 2. The van der Waals surface area contributed by atoms with E-state index in [4.69, 9.17) is 4.74 Å². The first-order chi connectivity index (χ1) is 11.1. The molecule has 24 heavy (non-hydrogen) atoms. The van der Waals surface area contributed by atoms with Crippen molar-refractivity contribution in [3.8, 4) is 5.69 Å². The average Bonchev–Trinajstić information content (AvgIpc) is 3.05. The molecule has 1 aromatic carbocycles. The number of ether oxygens (including phenoxy) is 1. The number of aromatic nitrogens is 2. The van der Waals surface area contributed by atoms with E-state index < -0.39 is 0 Å². The van der Waals surface area contributed by atoms with Gasteiger partial charge in [-0.1, -0.05) is 6.07 Å². The van der Waals surface area contributed by atoms with Gasteiger partial charge in [-0.15, -0.1) is 24.0 Å². The Morgan fingerprint density at radius 3 is 2.83 bits per heavy atom. The maximum Gasteiger partial charge on any atom is 0.191 e. The average molecular weight is 447 g/mol. The zero-order chi connectivity index (χ0) is 16.7. The van der Waals surface area contributed by atoms with Crippen molar-refractivity contribution in [1.29, 1.82) is 0 Å². The standard InChI is InChI=1S/C16H22FN5O.HI/c1-12(10-23-3)21-16(18-2)20-9-13-4-5-15(14(17)8-13)22-7-6-19-11-22;/h4-8,11-12H,9-10H2,1-3H3,(H2,18,20,21);1H. The van der Waals surface area contributed by atoms with Gasteiger partial charge in [-0.3, -0.25) is 4.99 Å². The van der Waals surface area contributed by atoms with Crippen molar-refractivity contribution in [1.82, 2.24) is 20.2 Å². The highest BCUT2D eigenvalue weighted by Gasteiger charge is 2.07. The summed E-state index contributed by atoms with van der Waals surface area (Å²) in [4.78, 5) is 8.06. The van der Waals surface area contributed by atoms with Gasteiger partial charge in [0.25, 0.3) is 0 Å². The van der Waals surface area contributed by atoms with E-state index in [1.54, 1.807) is 43.5 Å². The molecule has 2 N–H and O–H groups in total. The van der Waals surface area contributed by atoms with Gasteiger partial charge in [-0.2, -0.15) is 0 Å². The summed E-state index contributed by atoms with van der Waals surface area (Å²) < 4.78 is 20.9. The highest BCUT2D eigenvalue weighted by atomic mass is 127. The molecule has 2 rings (SSSR count). The SMILES string of the molecule is CN=C(NCc1ccc(-n2ccnc2)c(F)c1)NC(C)COC.I. The molecule has 0 aliphatic carbocycles. The van der Waals surface area contributed by atoms with Crippen molar-refractivity contribution >= 4 is 29.9 Å². The van der Waals surface area contributed by atoms with Gasteiger partial charge in [-0.05, 0) is 24.6 Å². The molecule has 0 saturated carbocycles. The van der Waals surface area contributed by atoms with Crippen LogP contribution in [-0.2, 0) is 11.3 Å². The summed E-state index contributed by atoms with van der Waals surface area (Å²) >= 11 is 0. The lowest BCUT2D eigenvalue weighted by atomic mass is 10.2. The monoisotopic (exact) mass is 447 g/mol. The zero-order valence-electron chi connectivity index (χ0n) is 14.0. The van der Waals surface area contributed by atoms with Crippen molar-refractivity contribution in [3.05, 3.63) is 48.3 Å². The van der Waals surface area contributed by atoms with E-state index in [0.717, 1.165) is 5.56 Å². The lowest BCUT2D eigenvalue weighted by Gasteiger charge is -2.17. The summed E-state index contributed by atoms with van der Waals surface area (Å²) in [6, 6.07) is 5.25. The summed E-state index contributed by atoms with van der Waals surface area (Å²) in [7, 11) is 3.34. The number of benzene rings is 1. The van der Waals surface area contributed by atoms with Crippen LogP contribution in [0.25, 0.3) is 5.69 Å². The molecular formula is C16H23FIN5O. The van der Waals surface area contributed by atoms with Crippen LogP contribution in [0.15, 0.2) is 41.9 Å². The number of hydrogen-bond acceptors (Lipinski definition) is 3. The van der Waals surface area contributed by atoms with Gasteiger partial charge in [0, 0.05) is 39.1 Å². The van der Waals surface area contributed by atoms with Crippen LogP contribution < -0.4 is 10.6 Å².